The molecule has 0 radical (unpaired) electrons. The van der Waals surface area contributed by atoms with Crippen molar-refractivity contribution < 1.29 is 14.3 Å². The largest absolute Gasteiger partial charge is 0.494 e. The summed E-state index contributed by atoms with van der Waals surface area (Å²) in [6.45, 7) is 2.83. The average Bonchev–Trinajstić information content (AvgIpc) is 3.19. The van der Waals surface area contributed by atoms with Crippen molar-refractivity contribution in [2.24, 2.45) is 4.99 Å². The van der Waals surface area contributed by atoms with Crippen LogP contribution < -0.4 is 4.74 Å². The number of carbonyl (C=O) groups excluding carboxylic acids is 1. The number of rotatable bonds is 6. The molecule has 0 fully saturated rings. The predicted octanol–water partition coefficient (Wildman–Crippen LogP) is 4.27. The van der Waals surface area contributed by atoms with Crippen molar-refractivity contribution in [3.63, 3.8) is 0 Å². The zero-order chi connectivity index (χ0) is 16.1. The molecule has 118 valence electrons. The quantitative estimate of drug-likeness (QED) is 0.452. The van der Waals surface area contributed by atoms with Crippen molar-refractivity contribution in [2.45, 2.75) is 19.8 Å². The van der Waals surface area contributed by atoms with E-state index < -0.39 is 5.97 Å². The molecular weight excluding hydrogens is 310 g/mol. The van der Waals surface area contributed by atoms with Crippen LogP contribution in [0.5, 0.6) is 5.75 Å². The standard InChI is InChI=1S/C18H17NO3S/c1-2-3-10-21-14-8-6-13(7-9-14)17-19-16(18(20)22-17)12-15-5-4-11-23-15/h4-9,11-12H,2-3,10H2,1H3/b16-12+. The topological polar surface area (TPSA) is 47.9 Å². The molecule has 0 unspecified atom stereocenters. The molecule has 4 nitrogen and oxygen atoms in total. The number of benzene rings is 1. The van der Waals surface area contributed by atoms with Gasteiger partial charge in [-0.1, -0.05) is 19.4 Å². The highest BCUT2D eigenvalue weighted by molar-refractivity contribution is 7.10. The van der Waals surface area contributed by atoms with Gasteiger partial charge in [0, 0.05) is 10.4 Å². The van der Waals surface area contributed by atoms with Crippen LogP contribution in [0.4, 0.5) is 0 Å². The third kappa shape index (κ3) is 3.87. The molecule has 1 aromatic heterocycles. The maximum atomic E-state index is 11.9. The van der Waals surface area contributed by atoms with Gasteiger partial charge >= 0.3 is 5.97 Å². The van der Waals surface area contributed by atoms with Gasteiger partial charge in [0.2, 0.25) is 5.90 Å². The Morgan fingerprint density at radius 1 is 1.26 bits per heavy atom. The van der Waals surface area contributed by atoms with E-state index in [1.807, 2.05) is 41.8 Å². The van der Waals surface area contributed by atoms with E-state index in [2.05, 4.69) is 11.9 Å². The van der Waals surface area contributed by atoms with Gasteiger partial charge in [0.15, 0.2) is 5.70 Å². The van der Waals surface area contributed by atoms with E-state index in [0.29, 0.717) is 18.2 Å². The Labute approximate surface area is 139 Å². The number of esters is 1. The molecule has 23 heavy (non-hydrogen) atoms. The Morgan fingerprint density at radius 3 is 2.78 bits per heavy atom. The van der Waals surface area contributed by atoms with Gasteiger partial charge in [0.05, 0.1) is 6.61 Å². The zero-order valence-electron chi connectivity index (χ0n) is 12.8. The first-order valence-electron chi connectivity index (χ1n) is 7.55. The van der Waals surface area contributed by atoms with Gasteiger partial charge in [0.25, 0.3) is 0 Å². The van der Waals surface area contributed by atoms with E-state index in [4.69, 9.17) is 9.47 Å². The molecule has 0 spiro atoms. The first-order valence-corrected chi connectivity index (χ1v) is 8.43. The van der Waals surface area contributed by atoms with Crippen LogP contribution in [0.1, 0.15) is 30.2 Å². The summed E-state index contributed by atoms with van der Waals surface area (Å²) < 4.78 is 10.9. The highest BCUT2D eigenvalue weighted by atomic mass is 32.1. The lowest BCUT2D eigenvalue weighted by Crippen LogP contribution is -2.05. The molecule has 2 heterocycles. The fraction of sp³-hybridized carbons (Fsp3) is 0.222. The molecule has 0 saturated carbocycles. The van der Waals surface area contributed by atoms with Gasteiger partial charge < -0.3 is 9.47 Å². The minimum Gasteiger partial charge on any atom is -0.494 e. The van der Waals surface area contributed by atoms with Crippen molar-refractivity contribution in [3.05, 3.63) is 57.9 Å². The van der Waals surface area contributed by atoms with Crippen molar-refractivity contribution in [3.8, 4) is 5.75 Å². The van der Waals surface area contributed by atoms with Crippen LogP contribution in [-0.2, 0) is 9.53 Å². The SMILES string of the molecule is CCCCOc1ccc(C2=N/C(=C/c3cccs3)C(=O)O2)cc1. The summed E-state index contributed by atoms with van der Waals surface area (Å²) in [6, 6.07) is 11.3. The van der Waals surface area contributed by atoms with Crippen molar-refractivity contribution in [1.29, 1.82) is 0 Å². The molecule has 0 atom stereocenters. The number of carbonyl (C=O) groups is 1. The van der Waals surface area contributed by atoms with Crippen LogP contribution in [0.25, 0.3) is 6.08 Å². The summed E-state index contributed by atoms with van der Waals surface area (Å²) in [7, 11) is 0. The molecule has 1 aliphatic heterocycles. The second kappa shape index (κ2) is 7.24. The van der Waals surface area contributed by atoms with E-state index in [1.165, 1.54) is 0 Å². The second-order valence-corrected chi connectivity index (χ2v) is 6.06. The summed E-state index contributed by atoms with van der Waals surface area (Å²) in [5, 5.41) is 1.95. The van der Waals surface area contributed by atoms with Gasteiger partial charge in [-0.2, -0.15) is 0 Å². The first kappa shape index (κ1) is 15.5. The predicted molar refractivity (Wildman–Crippen MR) is 91.8 cm³/mol. The van der Waals surface area contributed by atoms with Crippen molar-refractivity contribution >= 4 is 29.3 Å². The summed E-state index contributed by atoms with van der Waals surface area (Å²) >= 11 is 1.55. The van der Waals surface area contributed by atoms with Crippen LogP contribution in [0, 0.1) is 0 Å². The molecule has 1 aliphatic rings. The Morgan fingerprint density at radius 2 is 2.09 bits per heavy atom. The Hall–Kier alpha value is -2.40. The monoisotopic (exact) mass is 327 g/mol. The summed E-state index contributed by atoms with van der Waals surface area (Å²) in [4.78, 5) is 17.2. The highest BCUT2D eigenvalue weighted by Crippen LogP contribution is 2.22. The van der Waals surface area contributed by atoms with Gasteiger partial charge in [-0.05, 0) is 48.2 Å². The molecule has 0 amide bonds. The van der Waals surface area contributed by atoms with Crippen LogP contribution in [0.15, 0.2) is 52.5 Å². The number of nitrogens with zero attached hydrogens (tertiary/aromatic N) is 1. The Bertz CT molecular complexity index is 730. The van der Waals surface area contributed by atoms with Crippen molar-refractivity contribution in [1.82, 2.24) is 0 Å². The summed E-state index contributed by atoms with van der Waals surface area (Å²) in [5.41, 5.74) is 1.08. The third-order valence-electron chi connectivity index (χ3n) is 3.31. The van der Waals surface area contributed by atoms with E-state index in [1.54, 1.807) is 17.4 Å². The maximum Gasteiger partial charge on any atom is 0.363 e. The molecule has 5 heteroatoms. The van der Waals surface area contributed by atoms with Gasteiger partial charge in [-0.3, -0.25) is 0 Å². The Balaban J connectivity index is 1.73. The van der Waals surface area contributed by atoms with Crippen LogP contribution >= 0.6 is 11.3 Å². The van der Waals surface area contributed by atoms with Gasteiger partial charge in [-0.25, -0.2) is 9.79 Å². The van der Waals surface area contributed by atoms with Crippen LogP contribution in [0.3, 0.4) is 0 Å². The minimum absolute atomic E-state index is 0.325. The zero-order valence-corrected chi connectivity index (χ0v) is 13.6. The molecule has 3 rings (SSSR count). The second-order valence-electron chi connectivity index (χ2n) is 5.08. The molecule has 0 N–H and O–H groups in total. The van der Waals surface area contributed by atoms with Crippen molar-refractivity contribution in [2.75, 3.05) is 6.61 Å². The normalized spacial score (nSPS) is 15.6. The van der Waals surface area contributed by atoms with Gasteiger partial charge in [-0.15, -0.1) is 11.3 Å². The number of unbranched alkanes of at least 4 members (excludes halogenated alkanes) is 1. The van der Waals surface area contributed by atoms with Crippen LogP contribution in [0.2, 0.25) is 0 Å². The first-order chi connectivity index (χ1) is 11.3. The third-order valence-corrected chi connectivity index (χ3v) is 4.13. The Kier molecular flexibility index (Phi) is 4.88. The lowest BCUT2D eigenvalue weighted by Gasteiger charge is -2.05. The van der Waals surface area contributed by atoms with Crippen LogP contribution in [-0.4, -0.2) is 18.5 Å². The highest BCUT2D eigenvalue weighted by Gasteiger charge is 2.24. The fourth-order valence-electron chi connectivity index (χ4n) is 2.07. The molecule has 0 saturated heterocycles. The summed E-state index contributed by atoms with van der Waals surface area (Å²) in [5.74, 6) is 0.719. The number of hydrogen-bond acceptors (Lipinski definition) is 5. The van der Waals surface area contributed by atoms with E-state index in [-0.39, 0.29) is 0 Å². The van der Waals surface area contributed by atoms with E-state index in [9.17, 15) is 4.79 Å². The lowest BCUT2D eigenvalue weighted by atomic mass is 10.2. The lowest BCUT2D eigenvalue weighted by molar-refractivity contribution is -0.129. The maximum absolute atomic E-state index is 11.9. The number of hydrogen-bond donors (Lipinski definition) is 0. The molecule has 0 bridgehead atoms. The molecule has 1 aromatic carbocycles. The smallest absolute Gasteiger partial charge is 0.363 e. The number of ether oxygens (including phenoxy) is 2. The average molecular weight is 327 g/mol. The fourth-order valence-corrected chi connectivity index (χ4v) is 2.72. The van der Waals surface area contributed by atoms with Gasteiger partial charge in [0.1, 0.15) is 5.75 Å². The summed E-state index contributed by atoms with van der Waals surface area (Å²) in [6.07, 6.45) is 3.87. The molecule has 0 aliphatic carbocycles. The molecular formula is C18H17NO3S. The number of aliphatic imine (C=N–C) groups is 1. The minimum atomic E-state index is -0.420. The van der Waals surface area contributed by atoms with E-state index in [0.717, 1.165) is 29.0 Å². The molecule has 2 aromatic rings. The number of thiophene rings is 1. The number of cyclic esters (lactones) is 1. The van der Waals surface area contributed by atoms with E-state index >= 15 is 0 Å².